The molecule has 3 rings (SSSR count). The summed E-state index contributed by atoms with van der Waals surface area (Å²) in [5.74, 6) is 0.745. The van der Waals surface area contributed by atoms with Crippen LogP contribution >= 0.6 is 12.4 Å². The number of rotatable bonds is 5. The van der Waals surface area contributed by atoms with Gasteiger partial charge < -0.3 is 15.8 Å². The highest BCUT2D eigenvalue weighted by Gasteiger charge is 2.20. The smallest absolute Gasteiger partial charge is 0.251 e. The third-order valence-corrected chi connectivity index (χ3v) is 4.26. The first-order valence-electron chi connectivity index (χ1n) is 8.02. The van der Waals surface area contributed by atoms with Crippen LogP contribution in [-0.4, -0.2) is 12.0 Å². The summed E-state index contributed by atoms with van der Waals surface area (Å²) in [6.07, 6.45) is 3.79. The Bertz CT molecular complexity index is 714. The van der Waals surface area contributed by atoms with E-state index in [2.05, 4.69) is 5.32 Å². The van der Waals surface area contributed by atoms with Gasteiger partial charge in [0, 0.05) is 23.4 Å². The molecule has 128 valence electrons. The van der Waals surface area contributed by atoms with Gasteiger partial charge in [0.05, 0.1) is 6.10 Å². The molecule has 0 aliphatic heterocycles. The number of halogens is 1. The fraction of sp³-hybridized carbons (Fsp3) is 0.316. The molecule has 1 aliphatic carbocycles. The lowest BCUT2D eigenvalue weighted by atomic mass is 9.96. The van der Waals surface area contributed by atoms with Crippen molar-refractivity contribution in [1.29, 1.82) is 0 Å². The monoisotopic (exact) mass is 346 g/mol. The number of nitrogens with one attached hydrogen (secondary N) is 1. The van der Waals surface area contributed by atoms with Crippen molar-refractivity contribution in [2.24, 2.45) is 0 Å². The van der Waals surface area contributed by atoms with Crippen molar-refractivity contribution >= 4 is 24.0 Å². The molecule has 1 aliphatic rings. The van der Waals surface area contributed by atoms with Crippen LogP contribution in [0.5, 0.6) is 5.75 Å². The van der Waals surface area contributed by atoms with Crippen LogP contribution in [0.1, 0.15) is 40.7 Å². The number of anilines is 1. The zero-order chi connectivity index (χ0) is 16.2. The average Bonchev–Trinajstić information content (AvgIpc) is 2.51. The van der Waals surface area contributed by atoms with Crippen LogP contribution in [0, 0.1) is 6.92 Å². The summed E-state index contributed by atoms with van der Waals surface area (Å²) in [5, 5.41) is 2.96. The van der Waals surface area contributed by atoms with Gasteiger partial charge in [0.25, 0.3) is 5.91 Å². The van der Waals surface area contributed by atoms with Crippen LogP contribution in [0.15, 0.2) is 42.5 Å². The van der Waals surface area contributed by atoms with Gasteiger partial charge in [-0.15, -0.1) is 12.4 Å². The molecule has 1 amide bonds. The molecule has 0 saturated heterocycles. The zero-order valence-corrected chi connectivity index (χ0v) is 14.6. The minimum atomic E-state index is -0.117. The topological polar surface area (TPSA) is 64.4 Å². The fourth-order valence-corrected chi connectivity index (χ4v) is 2.59. The molecule has 0 radical (unpaired) electrons. The number of para-hydroxylation sites is 1. The van der Waals surface area contributed by atoms with E-state index in [9.17, 15) is 4.79 Å². The first-order valence-corrected chi connectivity index (χ1v) is 8.02. The summed E-state index contributed by atoms with van der Waals surface area (Å²) in [5.41, 5.74) is 8.89. The van der Waals surface area contributed by atoms with E-state index >= 15 is 0 Å². The molecule has 2 aromatic rings. The van der Waals surface area contributed by atoms with Crippen molar-refractivity contribution in [3.8, 4) is 5.75 Å². The largest absolute Gasteiger partial charge is 0.490 e. The molecule has 2 aromatic carbocycles. The summed E-state index contributed by atoms with van der Waals surface area (Å²) in [6.45, 7) is 2.35. The number of benzene rings is 2. The Labute approximate surface area is 148 Å². The van der Waals surface area contributed by atoms with E-state index in [-0.39, 0.29) is 18.3 Å². The van der Waals surface area contributed by atoms with Crippen LogP contribution in [0.2, 0.25) is 0 Å². The molecule has 24 heavy (non-hydrogen) atoms. The van der Waals surface area contributed by atoms with E-state index < -0.39 is 0 Å². The van der Waals surface area contributed by atoms with E-state index in [1.165, 1.54) is 6.42 Å². The number of hydrogen-bond donors (Lipinski definition) is 2. The van der Waals surface area contributed by atoms with Crippen molar-refractivity contribution < 1.29 is 9.53 Å². The predicted octanol–water partition coefficient (Wildman–Crippen LogP) is 3.86. The Kier molecular flexibility index (Phi) is 6.10. The van der Waals surface area contributed by atoms with E-state index in [4.69, 9.17) is 10.5 Å². The molecule has 0 aromatic heterocycles. The molecule has 5 heteroatoms. The molecule has 0 atom stereocenters. The average molecular weight is 347 g/mol. The highest BCUT2D eigenvalue weighted by molar-refractivity contribution is 5.96. The number of nitrogen functional groups attached to an aromatic ring is 1. The molecular weight excluding hydrogens is 324 g/mol. The maximum atomic E-state index is 12.4. The second kappa shape index (κ2) is 8.06. The fourth-order valence-electron chi connectivity index (χ4n) is 2.59. The Balaban J connectivity index is 0.00000208. The summed E-state index contributed by atoms with van der Waals surface area (Å²) in [7, 11) is 0. The Hall–Kier alpha value is -2.20. The minimum absolute atomic E-state index is 0. The van der Waals surface area contributed by atoms with E-state index in [0.717, 1.165) is 29.7 Å². The van der Waals surface area contributed by atoms with Gasteiger partial charge in [0.1, 0.15) is 5.75 Å². The first-order chi connectivity index (χ1) is 11.1. The van der Waals surface area contributed by atoms with Crippen molar-refractivity contribution in [3.63, 3.8) is 0 Å². The van der Waals surface area contributed by atoms with Gasteiger partial charge in [-0.3, -0.25) is 4.79 Å². The lowest BCUT2D eigenvalue weighted by Crippen LogP contribution is -2.27. The Morgan fingerprint density at radius 3 is 2.71 bits per heavy atom. The van der Waals surface area contributed by atoms with Gasteiger partial charge in [-0.05, 0) is 49.9 Å². The third-order valence-electron chi connectivity index (χ3n) is 4.26. The summed E-state index contributed by atoms with van der Waals surface area (Å²) in [4.78, 5) is 12.4. The van der Waals surface area contributed by atoms with Gasteiger partial charge in [-0.1, -0.05) is 24.3 Å². The summed E-state index contributed by atoms with van der Waals surface area (Å²) in [6, 6.07) is 13.2. The maximum Gasteiger partial charge on any atom is 0.251 e. The van der Waals surface area contributed by atoms with Crippen molar-refractivity contribution in [1.82, 2.24) is 5.32 Å². The number of amides is 1. The molecule has 0 unspecified atom stereocenters. The highest BCUT2D eigenvalue weighted by atomic mass is 35.5. The second-order valence-corrected chi connectivity index (χ2v) is 6.04. The van der Waals surface area contributed by atoms with Crippen molar-refractivity contribution in [2.45, 2.75) is 38.8 Å². The van der Waals surface area contributed by atoms with Crippen LogP contribution in [0.4, 0.5) is 5.69 Å². The van der Waals surface area contributed by atoms with Gasteiger partial charge in [0.2, 0.25) is 0 Å². The molecule has 0 heterocycles. The maximum absolute atomic E-state index is 12.4. The lowest BCUT2D eigenvalue weighted by molar-refractivity contribution is 0.0948. The van der Waals surface area contributed by atoms with Gasteiger partial charge in [-0.25, -0.2) is 0 Å². The molecule has 0 spiro atoms. The number of nitrogens with two attached hydrogens (primary N) is 1. The number of ether oxygens (including phenoxy) is 1. The number of hydrogen-bond acceptors (Lipinski definition) is 3. The lowest BCUT2D eigenvalue weighted by Gasteiger charge is -2.27. The standard InChI is InChI=1S/C19H22N2O2.ClH/c1-13-9-10-15(20)11-17(13)19(22)21-12-14-5-2-3-8-18(14)23-16-6-4-7-16;/h2-3,5,8-11,16H,4,6-7,12,20H2,1H3,(H,21,22);1H. The molecule has 0 bridgehead atoms. The highest BCUT2D eigenvalue weighted by Crippen LogP contribution is 2.27. The Morgan fingerprint density at radius 1 is 1.25 bits per heavy atom. The van der Waals surface area contributed by atoms with E-state index in [1.54, 1.807) is 12.1 Å². The normalized spacial score (nSPS) is 13.5. The minimum Gasteiger partial charge on any atom is -0.490 e. The Morgan fingerprint density at radius 2 is 2.00 bits per heavy atom. The predicted molar refractivity (Wildman–Crippen MR) is 98.7 cm³/mol. The van der Waals surface area contributed by atoms with Gasteiger partial charge in [-0.2, -0.15) is 0 Å². The van der Waals surface area contributed by atoms with E-state index in [0.29, 0.717) is 23.9 Å². The summed E-state index contributed by atoms with van der Waals surface area (Å²) >= 11 is 0. The number of aryl methyl sites for hydroxylation is 1. The second-order valence-electron chi connectivity index (χ2n) is 6.04. The van der Waals surface area contributed by atoms with Crippen LogP contribution in [-0.2, 0) is 6.54 Å². The summed E-state index contributed by atoms with van der Waals surface area (Å²) < 4.78 is 5.99. The van der Waals surface area contributed by atoms with Crippen molar-refractivity contribution in [3.05, 3.63) is 59.2 Å². The molecule has 1 fully saturated rings. The zero-order valence-electron chi connectivity index (χ0n) is 13.7. The molecule has 4 nitrogen and oxygen atoms in total. The van der Waals surface area contributed by atoms with Crippen LogP contribution in [0.3, 0.4) is 0 Å². The molecule has 1 saturated carbocycles. The third kappa shape index (κ3) is 4.20. The van der Waals surface area contributed by atoms with E-state index in [1.807, 2.05) is 37.3 Å². The van der Waals surface area contributed by atoms with Crippen LogP contribution < -0.4 is 15.8 Å². The number of carbonyl (C=O) groups is 1. The molecular formula is C19H23ClN2O2. The van der Waals surface area contributed by atoms with Gasteiger partial charge in [0.15, 0.2) is 0 Å². The quantitative estimate of drug-likeness (QED) is 0.808. The van der Waals surface area contributed by atoms with Crippen LogP contribution in [0.25, 0.3) is 0 Å². The SMILES string of the molecule is Cc1ccc(N)cc1C(=O)NCc1ccccc1OC1CCC1.Cl. The van der Waals surface area contributed by atoms with Crippen molar-refractivity contribution in [2.75, 3.05) is 5.73 Å². The number of carbonyl (C=O) groups excluding carboxylic acids is 1. The van der Waals surface area contributed by atoms with Gasteiger partial charge >= 0.3 is 0 Å². The first kappa shape index (κ1) is 18.1. The molecule has 3 N–H and O–H groups in total.